The molecule has 1 fully saturated rings. The zero-order valence-electron chi connectivity index (χ0n) is 16.1. The summed E-state index contributed by atoms with van der Waals surface area (Å²) < 4.78 is 1.20. The minimum atomic E-state index is 0.0617. The third-order valence-electron chi connectivity index (χ3n) is 5.29. The first-order valence-corrected chi connectivity index (χ1v) is 10.9. The van der Waals surface area contributed by atoms with Crippen LogP contribution in [0.3, 0.4) is 0 Å². The Bertz CT molecular complexity index is 937. The normalized spacial score (nSPS) is 14.6. The lowest BCUT2D eigenvalue weighted by atomic mass is 9.96. The number of carbonyl (C=O) groups is 1. The molecule has 148 valence electrons. The molecule has 1 aliphatic rings. The molecule has 4 rings (SSSR count). The van der Waals surface area contributed by atoms with Gasteiger partial charge in [0.2, 0.25) is 5.91 Å². The van der Waals surface area contributed by atoms with Crippen LogP contribution in [0.15, 0.2) is 66.7 Å². The Kier molecular flexibility index (Phi) is 6.39. The monoisotopic (exact) mass is 498 g/mol. The van der Waals surface area contributed by atoms with Crippen LogP contribution >= 0.6 is 22.6 Å². The van der Waals surface area contributed by atoms with E-state index in [1.54, 1.807) is 0 Å². The SMILES string of the molecule is O=C(NCc1ccc(I)cc1)C1CCN(c2ccc(-c3ccccc3)nn2)CC1. The summed E-state index contributed by atoms with van der Waals surface area (Å²) in [6.07, 6.45) is 1.67. The van der Waals surface area contributed by atoms with Gasteiger partial charge in [0, 0.05) is 34.7 Å². The molecule has 29 heavy (non-hydrogen) atoms. The van der Waals surface area contributed by atoms with Gasteiger partial charge in [-0.25, -0.2) is 0 Å². The first-order valence-electron chi connectivity index (χ1n) is 9.85. The van der Waals surface area contributed by atoms with Crippen molar-refractivity contribution >= 4 is 34.3 Å². The number of halogens is 1. The Balaban J connectivity index is 1.28. The minimum Gasteiger partial charge on any atom is -0.355 e. The summed E-state index contributed by atoms with van der Waals surface area (Å²) in [6.45, 7) is 2.23. The van der Waals surface area contributed by atoms with Gasteiger partial charge < -0.3 is 10.2 Å². The molecular weight excluding hydrogens is 475 g/mol. The van der Waals surface area contributed by atoms with E-state index in [1.165, 1.54) is 3.57 Å². The molecule has 1 aliphatic heterocycles. The average molecular weight is 498 g/mol. The van der Waals surface area contributed by atoms with Crippen LogP contribution in [0.4, 0.5) is 5.82 Å². The van der Waals surface area contributed by atoms with Crippen LogP contribution in [0.1, 0.15) is 18.4 Å². The Morgan fingerprint density at radius 2 is 1.69 bits per heavy atom. The molecule has 0 atom stereocenters. The van der Waals surface area contributed by atoms with Crippen LogP contribution in [-0.4, -0.2) is 29.2 Å². The van der Waals surface area contributed by atoms with Crippen LogP contribution in [0.25, 0.3) is 11.3 Å². The van der Waals surface area contributed by atoms with Crippen molar-refractivity contribution in [2.75, 3.05) is 18.0 Å². The highest BCUT2D eigenvalue weighted by Gasteiger charge is 2.25. The van der Waals surface area contributed by atoms with Crippen LogP contribution in [-0.2, 0) is 11.3 Å². The maximum atomic E-state index is 12.5. The molecule has 0 spiro atoms. The molecule has 1 aromatic heterocycles. The highest BCUT2D eigenvalue weighted by atomic mass is 127. The molecule has 0 aliphatic carbocycles. The maximum absolute atomic E-state index is 12.5. The quantitative estimate of drug-likeness (QED) is 0.534. The van der Waals surface area contributed by atoms with Crippen molar-refractivity contribution in [1.29, 1.82) is 0 Å². The predicted molar refractivity (Wildman–Crippen MR) is 123 cm³/mol. The van der Waals surface area contributed by atoms with Gasteiger partial charge in [-0.3, -0.25) is 4.79 Å². The fourth-order valence-corrected chi connectivity index (χ4v) is 3.92. The number of hydrogen-bond donors (Lipinski definition) is 1. The number of nitrogens with one attached hydrogen (secondary N) is 1. The predicted octanol–water partition coefficient (Wildman–Crippen LogP) is 4.28. The largest absolute Gasteiger partial charge is 0.355 e. The summed E-state index contributed by atoms with van der Waals surface area (Å²) in [4.78, 5) is 14.7. The average Bonchev–Trinajstić information content (AvgIpc) is 2.79. The van der Waals surface area contributed by atoms with Crippen molar-refractivity contribution < 1.29 is 4.79 Å². The number of anilines is 1. The first-order chi connectivity index (χ1) is 14.2. The lowest BCUT2D eigenvalue weighted by Crippen LogP contribution is -2.40. The number of piperidine rings is 1. The first kappa shape index (κ1) is 19.8. The van der Waals surface area contributed by atoms with E-state index < -0.39 is 0 Å². The van der Waals surface area contributed by atoms with Crippen LogP contribution in [0, 0.1) is 9.49 Å². The molecule has 0 radical (unpaired) electrons. The third kappa shape index (κ3) is 5.12. The van der Waals surface area contributed by atoms with E-state index >= 15 is 0 Å². The second kappa shape index (κ2) is 9.35. The lowest BCUT2D eigenvalue weighted by molar-refractivity contribution is -0.125. The number of hydrogen-bond acceptors (Lipinski definition) is 4. The van der Waals surface area contributed by atoms with Gasteiger partial charge in [-0.1, -0.05) is 42.5 Å². The van der Waals surface area contributed by atoms with E-state index in [2.05, 4.69) is 67.3 Å². The fourth-order valence-electron chi connectivity index (χ4n) is 3.56. The number of aromatic nitrogens is 2. The zero-order valence-corrected chi connectivity index (χ0v) is 18.2. The molecule has 0 unspecified atom stereocenters. The molecule has 5 nitrogen and oxygen atoms in total. The van der Waals surface area contributed by atoms with Crippen molar-refractivity contribution in [2.45, 2.75) is 19.4 Å². The van der Waals surface area contributed by atoms with Crippen LogP contribution in [0.5, 0.6) is 0 Å². The standard InChI is InChI=1S/C23H23IN4O/c24-20-8-6-17(7-9-20)16-25-23(29)19-12-14-28(15-13-19)22-11-10-21(26-27-22)18-4-2-1-3-5-18/h1-11,19H,12-16H2,(H,25,29). The van der Waals surface area contributed by atoms with Gasteiger partial charge >= 0.3 is 0 Å². The van der Waals surface area contributed by atoms with E-state index in [1.807, 2.05) is 42.5 Å². The topological polar surface area (TPSA) is 58.1 Å². The smallest absolute Gasteiger partial charge is 0.223 e. The Labute approximate surface area is 184 Å². The molecule has 0 saturated carbocycles. The van der Waals surface area contributed by atoms with E-state index in [0.717, 1.165) is 48.6 Å². The Morgan fingerprint density at radius 3 is 2.34 bits per heavy atom. The fraction of sp³-hybridized carbons (Fsp3) is 0.261. The highest BCUT2D eigenvalue weighted by molar-refractivity contribution is 14.1. The van der Waals surface area contributed by atoms with E-state index in [9.17, 15) is 4.79 Å². The summed E-state index contributed by atoms with van der Waals surface area (Å²) in [5.41, 5.74) is 3.07. The summed E-state index contributed by atoms with van der Waals surface area (Å²) in [7, 11) is 0. The molecule has 1 saturated heterocycles. The molecule has 3 aromatic rings. The molecule has 1 amide bonds. The highest BCUT2D eigenvalue weighted by Crippen LogP contribution is 2.23. The van der Waals surface area contributed by atoms with Gasteiger partial charge in [0.25, 0.3) is 0 Å². The second-order valence-electron chi connectivity index (χ2n) is 7.25. The van der Waals surface area contributed by atoms with Gasteiger partial charge in [0.15, 0.2) is 5.82 Å². The number of amides is 1. The molecule has 2 aromatic carbocycles. The Hall–Kier alpha value is -2.48. The molecule has 1 N–H and O–H groups in total. The minimum absolute atomic E-state index is 0.0617. The van der Waals surface area contributed by atoms with Crippen molar-refractivity contribution in [1.82, 2.24) is 15.5 Å². The van der Waals surface area contributed by atoms with Crippen LogP contribution in [0.2, 0.25) is 0 Å². The maximum Gasteiger partial charge on any atom is 0.223 e. The van der Waals surface area contributed by atoms with E-state index in [-0.39, 0.29) is 11.8 Å². The number of nitrogens with zero attached hydrogens (tertiary/aromatic N) is 3. The third-order valence-corrected chi connectivity index (χ3v) is 6.01. The number of benzene rings is 2. The van der Waals surface area contributed by atoms with Gasteiger partial charge in [-0.15, -0.1) is 10.2 Å². The van der Waals surface area contributed by atoms with E-state index in [4.69, 9.17) is 0 Å². The van der Waals surface area contributed by atoms with E-state index in [0.29, 0.717) is 6.54 Å². The summed E-state index contributed by atoms with van der Waals surface area (Å²) >= 11 is 2.28. The molecule has 2 heterocycles. The summed E-state index contributed by atoms with van der Waals surface area (Å²) in [5.74, 6) is 1.09. The van der Waals surface area contributed by atoms with Gasteiger partial charge in [0.05, 0.1) is 5.69 Å². The van der Waals surface area contributed by atoms with Crippen molar-refractivity contribution in [2.24, 2.45) is 5.92 Å². The lowest BCUT2D eigenvalue weighted by Gasteiger charge is -2.31. The van der Waals surface area contributed by atoms with Gasteiger partial charge in [-0.2, -0.15) is 0 Å². The molecule has 0 bridgehead atoms. The number of carbonyl (C=O) groups excluding carboxylic acids is 1. The second-order valence-corrected chi connectivity index (χ2v) is 8.49. The summed E-state index contributed by atoms with van der Waals surface area (Å²) in [5, 5.41) is 11.9. The van der Waals surface area contributed by atoms with Crippen molar-refractivity contribution in [3.8, 4) is 11.3 Å². The Morgan fingerprint density at radius 1 is 0.966 bits per heavy atom. The van der Waals surface area contributed by atoms with Crippen LogP contribution < -0.4 is 10.2 Å². The van der Waals surface area contributed by atoms with Crippen molar-refractivity contribution in [3.05, 3.63) is 75.9 Å². The van der Waals surface area contributed by atoms with Crippen molar-refractivity contribution in [3.63, 3.8) is 0 Å². The van der Waals surface area contributed by atoms with Gasteiger partial charge in [0.1, 0.15) is 0 Å². The zero-order chi connectivity index (χ0) is 20.1. The number of rotatable bonds is 5. The van der Waals surface area contributed by atoms with Gasteiger partial charge in [-0.05, 0) is 65.3 Å². The molecular formula is C23H23IN4O. The molecule has 6 heteroatoms. The summed E-state index contributed by atoms with van der Waals surface area (Å²) in [6, 6.07) is 22.3.